The molecule has 2 aromatic rings. The number of nitrogens with zero attached hydrogens (tertiary/aromatic N) is 3. The number of morpholine rings is 1. The zero-order valence-electron chi connectivity index (χ0n) is 18.6. The maximum atomic E-state index is 13.2. The standard InChI is InChI=1S/C21H29N5O5S/c1-4-6-18-22-14(3)19-21(27)23-20(24-26(18)19)16-13-15(7-8-17(16)31-5-2)32(28,29)25-9-11-30-12-10-25/h7-8,13,20,24H,4-6,9-12H2,1-3H3,(H,23,27). The first kappa shape index (κ1) is 22.6. The third-order valence-corrected chi connectivity index (χ3v) is 7.44. The molecule has 1 amide bonds. The van der Waals surface area contributed by atoms with Gasteiger partial charge in [0.25, 0.3) is 5.91 Å². The fourth-order valence-electron chi connectivity index (χ4n) is 4.03. The first-order chi connectivity index (χ1) is 15.4. The second kappa shape index (κ2) is 9.08. The number of aromatic nitrogens is 2. The van der Waals surface area contributed by atoms with Crippen LogP contribution in [0.15, 0.2) is 23.1 Å². The van der Waals surface area contributed by atoms with Crippen molar-refractivity contribution in [2.24, 2.45) is 0 Å². The van der Waals surface area contributed by atoms with E-state index in [4.69, 9.17) is 9.47 Å². The fraction of sp³-hybridized carbons (Fsp3) is 0.524. The molecule has 2 aliphatic rings. The van der Waals surface area contributed by atoms with Crippen LogP contribution in [-0.2, 0) is 21.2 Å². The van der Waals surface area contributed by atoms with Crippen LogP contribution in [0.25, 0.3) is 0 Å². The molecule has 4 rings (SSSR count). The van der Waals surface area contributed by atoms with Gasteiger partial charge in [-0.15, -0.1) is 0 Å². The second-order valence-corrected chi connectivity index (χ2v) is 9.67. The fourth-order valence-corrected chi connectivity index (χ4v) is 5.47. The number of amides is 1. The van der Waals surface area contributed by atoms with Gasteiger partial charge in [0.2, 0.25) is 10.0 Å². The van der Waals surface area contributed by atoms with Gasteiger partial charge in [0.1, 0.15) is 17.7 Å². The van der Waals surface area contributed by atoms with Crippen molar-refractivity contribution in [2.45, 2.75) is 44.7 Å². The topological polar surface area (TPSA) is 115 Å². The van der Waals surface area contributed by atoms with Crippen molar-refractivity contribution in [3.05, 3.63) is 41.0 Å². The minimum atomic E-state index is -3.70. The van der Waals surface area contributed by atoms with Crippen molar-refractivity contribution in [1.82, 2.24) is 19.3 Å². The summed E-state index contributed by atoms with van der Waals surface area (Å²) in [5.74, 6) is 0.989. The van der Waals surface area contributed by atoms with Gasteiger partial charge in [-0.2, -0.15) is 4.31 Å². The van der Waals surface area contributed by atoms with Crippen LogP contribution in [0, 0.1) is 6.92 Å². The Balaban J connectivity index is 1.74. The van der Waals surface area contributed by atoms with Gasteiger partial charge >= 0.3 is 0 Å². The molecule has 1 unspecified atom stereocenters. The Hall–Kier alpha value is -2.63. The Kier molecular flexibility index (Phi) is 6.40. The minimum absolute atomic E-state index is 0.148. The van der Waals surface area contributed by atoms with Gasteiger partial charge in [-0.1, -0.05) is 6.92 Å². The lowest BCUT2D eigenvalue weighted by Crippen LogP contribution is -2.45. The molecule has 11 heteroatoms. The zero-order chi connectivity index (χ0) is 22.9. The molecule has 0 radical (unpaired) electrons. The Labute approximate surface area is 187 Å². The average molecular weight is 464 g/mol. The van der Waals surface area contributed by atoms with Crippen molar-refractivity contribution < 1.29 is 22.7 Å². The number of benzene rings is 1. The molecule has 2 aliphatic heterocycles. The summed E-state index contributed by atoms with van der Waals surface area (Å²) in [5.41, 5.74) is 4.93. The van der Waals surface area contributed by atoms with Crippen LogP contribution in [0.1, 0.15) is 54.0 Å². The highest BCUT2D eigenvalue weighted by molar-refractivity contribution is 7.89. The first-order valence-electron chi connectivity index (χ1n) is 10.9. The van der Waals surface area contributed by atoms with Crippen LogP contribution < -0.4 is 15.5 Å². The van der Waals surface area contributed by atoms with Gasteiger partial charge < -0.3 is 14.8 Å². The monoisotopic (exact) mass is 463 g/mol. The van der Waals surface area contributed by atoms with Gasteiger partial charge in [0.05, 0.1) is 30.4 Å². The van der Waals surface area contributed by atoms with Crippen molar-refractivity contribution in [3.8, 4) is 5.75 Å². The zero-order valence-corrected chi connectivity index (χ0v) is 19.4. The molecule has 0 bridgehead atoms. The first-order valence-corrected chi connectivity index (χ1v) is 12.3. The van der Waals surface area contributed by atoms with Crippen molar-refractivity contribution in [2.75, 3.05) is 38.3 Å². The molecule has 0 spiro atoms. The molecule has 1 fully saturated rings. The van der Waals surface area contributed by atoms with Gasteiger partial charge in [0, 0.05) is 25.1 Å². The second-order valence-electron chi connectivity index (χ2n) is 7.73. The number of rotatable bonds is 7. The van der Waals surface area contributed by atoms with Gasteiger partial charge in [-0.25, -0.2) is 18.1 Å². The minimum Gasteiger partial charge on any atom is -0.493 e. The molecule has 1 aromatic carbocycles. The predicted molar refractivity (Wildman–Crippen MR) is 118 cm³/mol. The van der Waals surface area contributed by atoms with Crippen LogP contribution in [0.2, 0.25) is 0 Å². The highest BCUT2D eigenvalue weighted by atomic mass is 32.2. The normalized spacial score (nSPS) is 19.2. The highest BCUT2D eigenvalue weighted by Gasteiger charge is 2.33. The summed E-state index contributed by atoms with van der Waals surface area (Å²) in [7, 11) is -3.70. The number of hydrogen-bond donors (Lipinski definition) is 2. The molecular weight excluding hydrogens is 434 g/mol. The molecule has 10 nitrogen and oxygen atoms in total. The van der Waals surface area contributed by atoms with E-state index in [0.717, 1.165) is 12.2 Å². The summed E-state index contributed by atoms with van der Waals surface area (Å²) in [5, 5.41) is 2.92. The summed E-state index contributed by atoms with van der Waals surface area (Å²) in [6, 6.07) is 4.75. The summed E-state index contributed by atoms with van der Waals surface area (Å²) < 4.78 is 40.6. The smallest absolute Gasteiger partial charge is 0.273 e. The maximum absolute atomic E-state index is 13.2. The lowest BCUT2D eigenvalue weighted by atomic mass is 10.1. The Morgan fingerprint density at radius 1 is 1.25 bits per heavy atom. The van der Waals surface area contributed by atoms with E-state index >= 15 is 0 Å². The Morgan fingerprint density at radius 3 is 2.69 bits per heavy atom. The molecule has 1 saturated heterocycles. The van der Waals surface area contributed by atoms with E-state index in [0.29, 0.717) is 62.0 Å². The molecule has 174 valence electrons. The Bertz CT molecular complexity index is 1110. The number of fused-ring (bicyclic) bond motifs is 1. The van der Waals surface area contributed by atoms with Gasteiger partial charge in [0.15, 0.2) is 5.69 Å². The summed E-state index contributed by atoms with van der Waals surface area (Å²) in [6.07, 6.45) is 0.902. The van der Waals surface area contributed by atoms with Crippen LogP contribution in [0.4, 0.5) is 0 Å². The third-order valence-electron chi connectivity index (χ3n) is 5.54. The molecule has 1 atom stereocenters. The van der Waals surface area contributed by atoms with Crippen LogP contribution in [-0.4, -0.2) is 61.2 Å². The predicted octanol–water partition coefficient (Wildman–Crippen LogP) is 1.55. The number of imidazole rings is 1. The van der Waals surface area contributed by atoms with E-state index < -0.39 is 16.2 Å². The molecule has 3 heterocycles. The molecule has 0 saturated carbocycles. The number of aryl methyl sites for hydroxylation is 2. The Morgan fingerprint density at radius 2 is 2.00 bits per heavy atom. The van der Waals surface area contributed by atoms with E-state index in [1.807, 2.05) is 13.8 Å². The van der Waals surface area contributed by atoms with Crippen LogP contribution >= 0.6 is 0 Å². The van der Waals surface area contributed by atoms with Gasteiger partial charge in [-0.3, -0.25) is 10.2 Å². The van der Waals surface area contributed by atoms with E-state index in [9.17, 15) is 13.2 Å². The SMILES string of the molecule is CCCc1nc(C)c2n1NC(c1cc(S(=O)(=O)N3CCOCC3)ccc1OCC)NC2=O. The molecular formula is C21H29N5O5S. The largest absolute Gasteiger partial charge is 0.493 e. The summed E-state index contributed by atoms with van der Waals surface area (Å²) in [6.45, 7) is 7.45. The maximum Gasteiger partial charge on any atom is 0.273 e. The number of nitrogens with one attached hydrogen (secondary N) is 2. The number of carbonyl (C=O) groups excluding carboxylic acids is 1. The molecule has 1 aromatic heterocycles. The molecule has 2 N–H and O–H groups in total. The average Bonchev–Trinajstić information content (AvgIpc) is 3.10. The number of carbonyl (C=O) groups is 1. The summed E-state index contributed by atoms with van der Waals surface area (Å²) in [4.78, 5) is 17.6. The van der Waals surface area contributed by atoms with E-state index in [1.54, 1.807) is 29.8 Å². The van der Waals surface area contributed by atoms with Crippen molar-refractivity contribution in [3.63, 3.8) is 0 Å². The van der Waals surface area contributed by atoms with E-state index in [2.05, 4.69) is 15.7 Å². The van der Waals surface area contributed by atoms with Gasteiger partial charge in [-0.05, 0) is 38.5 Å². The number of ether oxygens (including phenoxy) is 2. The number of sulfonamides is 1. The van der Waals surface area contributed by atoms with E-state index in [-0.39, 0.29) is 10.8 Å². The third kappa shape index (κ3) is 4.07. The highest BCUT2D eigenvalue weighted by Crippen LogP contribution is 2.31. The number of hydrogen-bond acceptors (Lipinski definition) is 7. The lowest BCUT2D eigenvalue weighted by molar-refractivity contribution is 0.0730. The summed E-state index contributed by atoms with van der Waals surface area (Å²) >= 11 is 0. The molecule has 0 aliphatic carbocycles. The molecule has 32 heavy (non-hydrogen) atoms. The van der Waals surface area contributed by atoms with E-state index in [1.165, 1.54) is 4.31 Å². The van der Waals surface area contributed by atoms with Crippen LogP contribution in [0.5, 0.6) is 5.75 Å². The van der Waals surface area contributed by atoms with Crippen molar-refractivity contribution >= 4 is 15.9 Å². The van der Waals surface area contributed by atoms with Crippen molar-refractivity contribution in [1.29, 1.82) is 0 Å². The lowest BCUT2D eigenvalue weighted by Gasteiger charge is -2.31. The van der Waals surface area contributed by atoms with Crippen LogP contribution in [0.3, 0.4) is 0 Å². The quantitative estimate of drug-likeness (QED) is 0.640.